The standard InChI is InChI=1S/C11H21NO2/c1-9(6-8-13)11(14-3)10-5-4-7-12(10)2/h8-11H,4-7H2,1-3H3. The predicted molar refractivity (Wildman–Crippen MR) is 56.3 cm³/mol. The maximum Gasteiger partial charge on any atom is 0.120 e. The second-order valence-electron chi connectivity index (χ2n) is 4.27. The van der Waals surface area contributed by atoms with Gasteiger partial charge in [0.15, 0.2) is 0 Å². The Morgan fingerprint density at radius 3 is 2.79 bits per heavy atom. The Kier molecular flexibility index (Phi) is 4.55. The fourth-order valence-electron chi connectivity index (χ4n) is 2.41. The number of carbonyl (C=O) groups excluding carboxylic acids is 1. The van der Waals surface area contributed by atoms with Crippen LogP contribution < -0.4 is 0 Å². The van der Waals surface area contributed by atoms with Gasteiger partial charge in [-0.15, -0.1) is 0 Å². The van der Waals surface area contributed by atoms with Crippen molar-refractivity contribution in [1.82, 2.24) is 4.90 Å². The highest BCUT2D eigenvalue weighted by molar-refractivity contribution is 5.49. The van der Waals surface area contributed by atoms with Crippen LogP contribution in [0, 0.1) is 5.92 Å². The molecule has 0 saturated carbocycles. The molecule has 1 saturated heterocycles. The van der Waals surface area contributed by atoms with Crippen LogP contribution in [-0.2, 0) is 9.53 Å². The first-order chi connectivity index (χ1) is 6.70. The summed E-state index contributed by atoms with van der Waals surface area (Å²) in [4.78, 5) is 12.8. The highest BCUT2D eigenvalue weighted by Crippen LogP contribution is 2.25. The van der Waals surface area contributed by atoms with Crippen LogP contribution in [0.25, 0.3) is 0 Å². The maximum absolute atomic E-state index is 10.5. The molecule has 1 heterocycles. The van der Waals surface area contributed by atoms with Crippen LogP contribution in [0.2, 0.25) is 0 Å². The van der Waals surface area contributed by atoms with E-state index in [1.54, 1.807) is 7.11 Å². The molecule has 3 nitrogen and oxygen atoms in total. The van der Waals surface area contributed by atoms with Crippen LogP contribution in [0.3, 0.4) is 0 Å². The first kappa shape index (κ1) is 11.7. The smallest absolute Gasteiger partial charge is 0.120 e. The number of hydrogen-bond donors (Lipinski definition) is 0. The summed E-state index contributed by atoms with van der Waals surface area (Å²) in [7, 11) is 3.88. The van der Waals surface area contributed by atoms with E-state index in [0.717, 1.165) is 12.8 Å². The fraction of sp³-hybridized carbons (Fsp3) is 0.909. The lowest BCUT2D eigenvalue weighted by Crippen LogP contribution is -2.41. The quantitative estimate of drug-likeness (QED) is 0.625. The molecule has 0 aromatic rings. The molecule has 0 spiro atoms. The van der Waals surface area contributed by atoms with E-state index in [0.29, 0.717) is 18.4 Å². The molecule has 1 aliphatic heterocycles. The van der Waals surface area contributed by atoms with Crippen molar-refractivity contribution in [2.45, 2.75) is 38.3 Å². The Hall–Kier alpha value is -0.410. The van der Waals surface area contributed by atoms with Crippen molar-refractivity contribution in [3.63, 3.8) is 0 Å². The Balaban J connectivity index is 2.55. The van der Waals surface area contributed by atoms with Gasteiger partial charge in [0.05, 0.1) is 6.10 Å². The Morgan fingerprint density at radius 2 is 2.36 bits per heavy atom. The summed E-state index contributed by atoms with van der Waals surface area (Å²) < 4.78 is 5.52. The van der Waals surface area contributed by atoms with E-state index in [1.165, 1.54) is 12.8 Å². The predicted octanol–water partition coefficient (Wildman–Crippen LogP) is 1.32. The number of ether oxygens (including phenoxy) is 1. The molecule has 0 amide bonds. The minimum absolute atomic E-state index is 0.202. The lowest BCUT2D eigenvalue weighted by atomic mass is 9.94. The average molecular weight is 199 g/mol. The molecule has 0 aromatic carbocycles. The second kappa shape index (κ2) is 5.47. The third kappa shape index (κ3) is 2.55. The van der Waals surface area contributed by atoms with Gasteiger partial charge in [0.25, 0.3) is 0 Å². The first-order valence-corrected chi connectivity index (χ1v) is 5.37. The third-order valence-electron chi connectivity index (χ3n) is 3.26. The maximum atomic E-state index is 10.5. The number of rotatable bonds is 5. The van der Waals surface area contributed by atoms with Crippen LogP contribution in [0.1, 0.15) is 26.2 Å². The molecule has 1 aliphatic rings. The van der Waals surface area contributed by atoms with E-state index in [9.17, 15) is 4.79 Å². The summed E-state index contributed by atoms with van der Waals surface area (Å²) in [6.45, 7) is 3.24. The second-order valence-corrected chi connectivity index (χ2v) is 4.27. The lowest BCUT2D eigenvalue weighted by molar-refractivity contribution is -0.110. The van der Waals surface area contributed by atoms with Gasteiger partial charge in [0.2, 0.25) is 0 Å². The van der Waals surface area contributed by atoms with Crippen LogP contribution in [0.4, 0.5) is 0 Å². The van der Waals surface area contributed by atoms with Crippen molar-refractivity contribution >= 4 is 6.29 Å². The molecule has 0 bridgehead atoms. The van der Waals surface area contributed by atoms with Gasteiger partial charge in [0.1, 0.15) is 6.29 Å². The van der Waals surface area contributed by atoms with Gasteiger partial charge in [-0.05, 0) is 32.4 Å². The fourth-order valence-corrected chi connectivity index (χ4v) is 2.41. The summed E-state index contributed by atoms with van der Waals surface area (Å²) in [5.41, 5.74) is 0. The summed E-state index contributed by atoms with van der Waals surface area (Å²) in [5.74, 6) is 0.322. The SMILES string of the molecule is COC(C(C)CC=O)C1CCCN1C. The normalized spacial score (nSPS) is 27.5. The average Bonchev–Trinajstić information content (AvgIpc) is 2.54. The summed E-state index contributed by atoms with van der Waals surface area (Å²) in [6, 6.07) is 0.495. The van der Waals surface area contributed by atoms with Crippen molar-refractivity contribution in [1.29, 1.82) is 0 Å². The van der Waals surface area contributed by atoms with Gasteiger partial charge in [-0.3, -0.25) is 0 Å². The van der Waals surface area contributed by atoms with Crippen molar-refractivity contribution in [2.24, 2.45) is 5.92 Å². The zero-order chi connectivity index (χ0) is 10.6. The van der Waals surface area contributed by atoms with Gasteiger partial charge in [0, 0.05) is 19.6 Å². The third-order valence-corrected chi connectivity index (χ3v) is 3.26. The Labute approximate surface area is 86.4 Å². The van der Waals surface area contributed by atoms with Gasteiger partial charge >= 0.3 is 0 Å². The van der Waals surface area contributed by atoms with E-state index < -0.39 is 0 Å². The van der Waals surface area contributed by atoms with Crippen LogP contribution in [0.15, 0.2) is 0 Å². The van der Waals surface area contributed by atoms with Crippen molar-refractivity contribution < 1.29 is 9.53 Å². The van der Waals surface area contributed by atoms with Crippen molar-refractivity contribution in [2.75, 3.05) is 20.7 Å². The highest BCUT2D eigenvalue weighted by Gasteiger charge is 2.32. The number of hydrogen-bond acceptors (Lipinski definition) is 3. The van der Waals surface area contributed by atoms with Gasteiger partial charge in [-0.2, -0.15) is 0 Å². The molecule has 3 heteroatoms. The van der Waals surface area contributed by atoms with Gasteiger partial charge in [-0.1, -0.05) is 6.92 Å². The monoisotopic (exact) mass is 199 g/mol. The molecule has 3 atom stereocenters. The topological polar surface area (TPSA) is 29.5 Å². The van der Waals surface area contributed by atoms with Crippen molar-refractivity contribution in [3.05, 3.63) is 0 Å². The van der Waals surface area contributed by atoms with E-state index in [-0.39, 0.29) is 6.10 Å². The van der Waals surface area contributed by atoms with E-state index in [4.69, 9.17) is 4.74 Å². The minimum atomic E-state index is 0.202. The zero-order valence-corrected chi connectivity index (χ0v) is 9.40. The summed E-state index contributed by atoms with van der Waals surface area (Å²) in [5, 5.41) is 0. The van der Waals surface area contributed by atoms with Crippen LogP contribution in [0.5, 0.6) is 0 Å². The zero-order valence-electron chi connectivity index (χ0n) is 9.40. The van der Waals surface area contributed by atoms with E-state index in [2.05, 4.69) is 18.9 Å². The van der Waals surface area contributed by atoms with E-state index in [1.807, 2.05) is 0 Å². The molecule has 3 unspecified atom stereocenters. The largest absolute Gasteiger partial charge is 0.380 e. The molecular weight excluding hydrogens is 178 g/mol. The molecule has 14 heavy (non-hydrogen) atoms. The number of likely N-dealkylation sites (tertiary alicyclic amines) is 1. The highest BCUT2D eigenvalue weighted by atomic mass is 16.5. The molecule has 82 valence electrons. The molecular formula is C11H21NO2. The summed E-state index contributed by atoms with van der Waals surface area (Å²) in [6.07, 6.45) is 4.23. The number of likely N-dealkylation sites (N-methyl/N-ethyl adjacent to an activating group) is 1. The van der Waals surface area contributed by atoms with Crippen LogP contribution >= 0.6 is 0 Å². The molecule has 1 rings (SSSR count). The van der Waals surface area contributed by atoms with Crippen molar-refractivity contribution in [3.8, 4) is 0 Å². The molecule has 1 fully saturated rings. The first-order valence-electron chi connectivity index (χ1n) is 5.37. The van der Waals surface area contributed by atoms with Crippen LogP contribution in [-0.4, -0.2) is 44.0 Å². The number of methoxy groups -OCH3 is 1. The van der Waals surface area contributed by atoms with Gasteiger partial charge in [-0.25, -0.2) is 0 Å². The molecule has 0 aromatic heterocycles. The number of aldehydes is 1. The van der Waals surface area contributed by atoms with Gasteiger partial charge < -0.3 is 14.4 Å². The Morgan fingerprint density at radius 1 is 1.64 bits per heavy atom. The number of carbonyl (C=O) groups is 1. The molecule has 0 aliphatic carbocycles. The molecule has 0 N–H and O–H groups in total. The minimum Gasteiger partial charge on any atom is -0.380 e. The molecule has 0 radical (unpaired) electrons. The lowest BCUT2D eigenvalue weighted by Gasteiger charge is -2.31. The summed E-state index contributed by atoms with van der Waals surface area (Å²) >= 11 is 0. The Bertz CT molecular complexity index is 184. The van der Waals surface area contributed by atoms with E-state index >= 15 is 0 Å². The number of nitrogens with zero attached hydrogens (tertiary/aromatic N) is 1.